The van der Waals surface area contributed by atoms with Gasteiger partial charge in [-0.05, 0) is 62.2 Å². The van der Waals surface area contributed by atoms with Crippen LogP contribution in [-0.4, -0.2) is 13.6 Å². The molecule has 0 aliphatic heterocycles. The summed E-state index contributed by atoms with van der Waals surface area (Å²) in [5.74, 6) is -0.233. The second-order valence-corrected chi connectivity index (χ2v) is 7.37. The van der Waals surface area contributed by atoms with E-state index in [1.54, 1.807) is 23.5 Å². The maximum absolute atomic E-state index is 13.0. The zero-order valence-electron chi connectivity index (χ0n) is 10.2. The number of likely N-dealkylation sites (N-methyl/N-ethyl adjacent to an activating group) is 1. The van der Waals surface area contributed by atoms with E-state index >= 15 is 0 Å². The number of halogens is 3. The summed E-state index contributed by atoms with van der Waals surface area (Å²) in [6.45, 7) is 0.493. The van der Waals surface area contributed by atoms with Gasteiger partial charge in [0.25, 0.3) is 0 Å². The first-order chi connectivity index (χ1) is 9.02. The summed E-state index contributed by atoms with van der Waals surface area (Å²) in [5, 5.41) is 0. The fraction of sp³-hybridized carbons (Fsp3) is 0.231. The van der Waals surface area contributed by atoms with E-state index in [0.717, 1.165) is 18.8 Å². The van der Waals surface area contributed by atoms with Crippen LogP contribution in [0, 0.1) is 5.82 Å². The standard InChI is InChI=1S/C13H13Br2FN2S/c1-18(9-4-2-8(16)3-5-9)11(7-17)12-6-10(14)13(15)19-12/h2-6,11H,7,17H2,1H3. The zero-order chi connectivity index (χ0) is 14.0. The molecule has 19 heavy (non-hydrogen) atoms. The van der Waals surface area contributed by atoms with Crippen LogP contribution < -0.4 is 10.6 Å². The van der Waals surface area contributed by atoms with Gasteiger partial charge in [0.05, 0.1) is 9.83 Å². The molecular formula is C13H13Br2FN2S. The molecule has 2 nitrogen and oxygen atoms in total. The van der Waals surface area contributed by atoms with E-state index in [1.165, 1.54) is 12.1 Å². The van der Waals surface area contributed by atoms with E-state index < -0.39 is 0 Å². The van der Waals surface area contributed by atoms with Crippen molar-refractivity contribution in [3.05, 3.63) is 49.3 Å². The van der Waals surface area contributed by atoms with Crippen LogP contribution in [0.15, 0.2) is 38.6 Å². The summed E-state index contributed by atoms with van der Waals surface area (Å²) in [7, 11) is 1.96. The predicted molar refractivity (Wildman–Crippen MR) is 86.3 cm³/mol. The minimum absolute atomic E-state index is 0.0676. The summed E-state index contributed by atoms with van der Waals surface area (Å²) in [6.07, 6.45) is 0. The quantitative estimate of drug-likeness (QED) is 0.805. The van der Waals surface area contributed by atoms with E-state index in [1.807, 2.05) is 7.05 Å². The normalized spacial score (nSPS) is 12.5. The van der Waals surface area contributed by atoms with Crippen LogP contribution in [0.25, 0.3) is 0 Å². The van der Waals surface area contributed by atoms with Crippen molar-refractivity contribution in [2.75, 3.05) is 18.5 Å². The number of hydrogen-bond donors (Lipinski definition) is 1. The third-order valence-electron chi connectivity index (χ3n) is 2.92. The highest BCUT2D eigenvalue weighted by molar-refractivity contribution is 9.13. The molecule has 1 atom stereocenters. The molecule has 1 heterocycles. The van der Waals surface area contributed by atoms with Crippen LogP contribution in [0.4, 0.5) is 10.1 Å². The van der Waals surface area contributed by atoms with Gasteiger partial charge in [0.15, 0.2) is 0 Å². The number of anilines is 1. The number of thiophene rings is 1. The van der Waals surface area contributed by atoms with E-state index in [4.69, 9.17) is 5.73 Å². The molecule has 0 saturated carbocycles. The predicted octanol–water partition coefficient (Wildman–Crippen LogP) is 4.55. The summed E-state index contributed by atoms with van der Waals surface area (Å²) in [6, 6.07) is 8.56. The topological polar surface area (TPSA) is 29.3 Å². The Morgan fingerprint density at radius 2 is 1.95 bits per heavy atom. The highest BCUT2D eigenvalue weighted by atomic mass is 79.9. The highest BCUT2D eigenvalue weighted by Gasteiger charge is 2.19. The molecule has 0 aliphatic carbocycles. The Labute approximate surface area is 132 Å². The van der Waals surface area contributed by atoms with Gasteiger partial charge in [-0.25, -0.2) is 4.39 Å². The Morgan fingerprint density at radius 1 is 1.32 bits per heavy atom. The number of nitrogens with zero attached hydrogens (tertiary/aromatic N) is 1. The van der Waals surface area contributed by atoms with Crippen LogP contribution in [0.5, 0.6) is 0 Å². The van der Waals surface area contributed by atoms with Gasteiger partial charge in [0.2, 0.25) is 0 Å². The minimum Gasteiger partial charge on any atom is -0.365 e. The van der Waals surface area contributed by atoms with Crippen LogP contribution in [-0.2, 0) is 0 Å². The van der Waals surface area contributed by atoms with Crippen molar-refractivity contribution in [3.63, 3.8) is 0 Å². The smallest absolute Gasteiger partial charge is 0.123 e. The summed E-state index contributed by atoms with van der Waals surface area (Å²) in [5.41, 5.74) is 6.83. The van der Waals surface area contributed by atoms with Crippen LogP contribution in [0.2, 0.25) is 0 Å². The van der Waals surface area contributed by atoms with E-state index in [2.05, 4.69) is 42.8 Å². The Balaban J connectivity index is 2.28. The molecule has 0 amide bonds. The van der Waals surface area contributed by atoms with Crippen molar-refractivity contribution in [2.24, 2.45) is 5.73 Å². The number of rotatable bonds is 4. The Kier molecular flexibility index (Phi) is 5.00. The van der Waals surface area contributed by atoms with Crippen molar-refractivity contribution >= 4 is 48.9 Å². The third kappa shape index (κ3) is 3.37. The minimum atomic E-state index is -0.233. The van der Waals surface area contributed by atoms with Crippen molar-refractivity contribution in [1.82, 2.24) is 0 Å². The molecular weight excluding hydrogens is 395 g/mol. The molecule has 1 aromatic heterocycles. The SMILES string of the molecule is CN(c1ccc(F)cc1)C(CN)c1cc(Br)c(Br)s1. The highest BCUT2D eigenvalue weighted by Crippen LogP contribution is 2.37. The molecule has 2 aromatic rings. The van der Waals surface area contributed by atoms with Crippen molar-refractivity contribution in [2.45, 2.75) is 6.04 Å². The summed E-state index contributed by atoms with van der Waals surface area (Å²) < 4.78 is 15.0. The van der Waals surface area contributed by atoms with Gasteiger partial charge >= 0.3 is 0 Å². The maximum Gasteiger partial charge on any atom is 0.123 e. The van der Waals surface area contributed by atoms with Gasteiger partial charge in [0, 0.05) is 28.6 Å². The van der Waals surface area contributed by atoms with Crippen molar-refractivity contribution < 1.29 is 4.39 Å². The van der Waals surface area contributed by atoms with Gasteiger partial charge in [-0.2, -0.15) is 0 Å². The second kappa shape index (κ2) is 6.35. The third-order valence-corrected chi connectivity index (χ3v) is 6.27. The molecule has 0 fully saturated rings. The number of hydrogen-bond acceptors (Lipinski definition) is 3. The second-order valence-electron chi connectivity index (χ2n) is 4.11. The molecule has 2 rings (SSSR count). The molecule has 102 valence electrons. The van der Waals surface area contributed by atoms with E-state index in [9.17, 15) is 4.39 Å². The monoisotopic (exact) mass is 406 g/mol. The lowest BCUT2D eigenvalue weighted by Crippen LogP contribution is -2.29. The fourth-order valence-corrected chi connectivity index (χ4v) is 4.10. The van der Waals surface area contributed by atoms with Gasteiger partial charge in [0.1, 0.15) is 5.82 Å². The first-order valence-electron chi connectivity index (χ1n) is 5.66. The Bertz CT molecular complexity index is 537. The van der Waals surface area contributed by atoms with Crippen molar-refractivity contribution in [1.29, 1.82) is 0 Å². The molecule has 0 spiro atoms. The number of nitrogens with two attached hydrogens (primary N) is 1. The first-order valence-corrected chi connectivity index (χ1v) is 8.06. The van der Waals surface area contributed by atoms with Gasteiger partial charge in [-0.3, -0.25) is 0 Å². The largest absolute Gasteiger partial charge is 0.365 e. The molecule has 6 heteroatoms. The molecule has 0 saturated heterocycles. The van der Waals surface area contributed by atoms with Crippen LogP contribution >= 0.6 is 43.2 Å². The van der Waals surface area contributed by atoms with Crippen LogP contribution in [0.3, 0.4) is 0 Å². The number of benzene rings is 1. The molecule has 1 aromatic carbocycles. The Morgan fingerprint density at radius 3 is 2.42 bits per heavy atom. The Hall–Kier alpha value is -0.430. The average Bonchev–Trinajstić information content (AvgIpc) is 2.71. The lowest BCUT2D eigenvalue weighted by atomic mass is 10.2. The maximum atomic E-state index is 13.0. The van der Waals surface area contributed by atoms with E-state index in [-0.39, 0.29) is 11.9 Å². The lowest BCUT2D eigenvalue weighted by Gasteiger charge is -2.28. The molecule has 0 radical (unpaired) electrons. The summed E-state index contributed by atoms with van der Waals surface area (Å²) in [4.78, 5) is 3.22. The van der Waals surface area contributed by atoms with Gasteiger partial charge in [-0.1, -0.05) is 0 Å². The lowest BCUT2D eigenvalue weighted by molar-refractivity contribution is 0.626. The summed E-state index contributed by atoms with van der Waals surface area (Å²) >= 11 is 8.62. The molecule has 1 unspecified atom stereocenters. The molecule has 0 aliphatic rings. The van der Waals surface area contributed by atoms with Gasteiger partial charge < -0.3 is 10.6 Å². The fourth-order valence-electron chi connectivity index (χ4n) is 1.85. The average molecular weight is 408 g/mol. The first kappa shape index (κ1) is 15.0. The van der Waals surface area contributed by atoms with Crippen molar-refractivity contribution in [3.8, 4) is 0 Å². The molecule has 0 bridgehead atoms. The van der Waals surface area contributed by atoms with E-state index in [0.29, 0.717) is 6.54 Å². The zero-order valence-corrected chi connectivity index (χ0v) is 14.2. The van der Waals surface area contributed by atoms with Gasteiger partial charge in [-0.15, -0.1) is 11.3 Å². The molecule has 2 N–H and O–H groups in total. The van der Waals surface area contributed by atoms with Crippen LogP contribution in [0.1, 0.15) is 10.9 Å².